The molecular weight excluding hydrogens is 609 g/mol. The highest BCUT2D eigenvalue weighted by Crippen LogP contribution is 2.47. The minimum atomic E-state index is -1.64. The lowest BCUT2D eigenvalue weighted by Crippen LogP contribution is -2.36. The van der Waals surface area contributed by atoms with Crippen LogP contribution in [0.15, 0.2) is 40.1 Å². The zero-order valence-electron chi connectivity index (χ0n) is 26.2. The second-order valence-electron chi connectivity index (χ2n) is 11.1. The largest absolute Gasteiger partial charge is 0.508 e. The van der Waals surface area contributed by atoms with Crippen LogP contribution in [0.3, 0.4) is 0 Å². The number of rotatable bonds is 15. The quantitative estimate of drug-likeness (QED) is 0.0925. The highest BCUT2D eigenvalue weighted by Gasteiger charge is 2.41. The fraction of sp³-hybridized carbons (Fsp3) is 0.586. The van der Waals surface area contributed by atoms with Gasteiger partial charge in [-0.3, -0.25) is 24.5 Å². The van der Waals surface area contributed by atoms with Crippen molar-refractivity contribution in [2.75, 3.05) is 19.8 Å². The lowest BCUT2D eigenvalue weighted by Gasteiger charge is -2.36. The highest BCUT2D eigenvalue weighted by molar-refractivity contribution is 7.44. The Morgan fingerprint density at radius 1 is 1.22 bits per heavy atom. The maximum Gasteiger partial charge on any atom is 0.508 e. The van der Waals surface area contributed by atoms with E-state index in [0.717, 1.165) is 0 Å². The predicted molar refractivity (Wildman–Crippen MR) is 163 cm³/mol. The van der Waals surface area contributed by atoms with E-state index in [1.165, 1.54) is 16.8 Å². The molecule has 1 N–H and O–H groups in total. The summed E-state index contributed by atoms with van der Waals surface area (Å²) in [5.41, 5.74) is -0.607. The Bertz CT molecular complexity index is 1460. The van der Waals surface area contributed by atoms with Crippen molar-refractivity contribution in [3.05, 3.63) is 72.5 Å². The molecular formula is C29H40N5O10P. The van der Waals surface area contributed by atoms with Gasteiger partial charge in [0, 0.05) is 47.8 Å². The van der Waals surface area contributed by atoms with Gasteiger partial charge in [0.2, 0.25) is 0 Å². The van der Waals surface area contributed by atoms with Gasteiger partial charge in [0.15, 0.2) is 0 Å². The maximum absolute atomic E-state index is 12.9. The van der Waals surface area contributed by atoms with Crippen LogP contribution in [0.1, 0.15) is 70.7 Å². The van der Waals surface area contributed by atoms with Gasteiger partial charge in [-0.1, -0.05) is 25.1 Å². The molecule has 0 saturated carbocycles. The van der Waals surface area contributed by atoms with Crippen molar-refractivity contribution >= 4 is 20.4 Å². The summed E-state index contributed by atoms with van der Waals surface area (Å²) in [4.78, 5) is 50.6. The van der Waals surface area contributed by atoms with Gasteiger partial charge in [0.05, 0.1) is 30.6 Å². The Labute approximate surface area is 262 Å². The molecule has 0 spiro atoms. The van der Waals surface area contributed by atoms with Crippen LogP contribution in [0.2, 0.25) is 0 Å². The van der Waals surface area contributed by atoms with E-state index in [1.54, 1.807) is 32.0 Å². The number of hydrogen-bond donors (Lipinski definition) is 1. The number of ether oxygens (including phenoxy) is 3. The summed E-state index contributed by atoms with van der Waals surface area (Å²) in [6.45, 7) is 11.1. The molecule has 0 aliphatic carbocycles. The maximum atomic E-state index is 12.9. The third-order valence-electron chi connectivity index (χ3n) is 7.01. The standard InChI is InChI=1S/C29H40N5O10P/c1-18(2)33(19(3)4)45(41-13-9-12-30)42-17-25-24(14-26(43-25)32-15-20(5)27(35)31-28(32)36)44-29(37)40-16-21(6)22-10-7-8-11-23(22)34(38)39/h7-8,10-11,15,18-19,21,24-26H,9,13-14,16-17H2,1-6H3,(H,31,35,36)/t21?,24-,25+,26+,45?/m0/s1. The molecule has 16 heteroatoms. The van der Waals surface area contributed by atoms with Crippen molar-refractivity contribution < 1.29 is 33.0 Å². The Balaban J connectivity index is 1.78. The number of benzene rings is 1. The second kappa shape index (κ2) is 16.6. The fourth-order valence-electron chi connectivity index (χ4n) is 4.91. The van der Waals surface area contributed by atoms with Gasteiger partial charge in [0.1, 0.15) is 25.0 Å². The minimum absolute atomic E-state index is 0.0412. The zero-order chi connectivity index (χ0) is 33.3. The first-order chi connectivity index (χ1) is 21.3. The van der Waals surface area contributed by atoms with E-state index in [-0.39, 0.29) is 56.0 Å². The number of nitro groups is 1. The molecule has 1 fully saturated rings. The van der Waals surface area contributed by atoms with Crippen LogP contribution in [0, 0.1) is 28.4 Å². The monoisotopic (exact) mass is 649 g/mol. The van der Waals surface area contributed by atoms with Crippen molar-refractivity contribution in [1.29, 1.82) is 5.26 Å². The number of nitrogens with one attached hydrogen (secondary N) is 1. The van der Waals surface area contributed by atoms with Crippen LogP contribution in [0.5, 0.6) is 0 Å². The van der Waals surface area contributed by atoms with Crippen molar-refractivity contribution in [3.8, 4) is 6.07 Å². The second-order valence-corrected chi connectivity index (χ2v) is 12.6. The minimum Gasteiger partial charge on any atom is -0.434 e. The topological polar surface area (TPSA) is 188 Å². The highest BCUT2D eigenvalue weighted by atomic mass is 31.2. The number of aromatic amines is 1. The lowest BCUT2D eigenvalue weighted by molar-refractivity contribution is -0.385. The number of carbonyl (C=O) groups excluding carboxylic acids is 1. The number of nitriles is 1. The number of nitrogens with zero attached hydrogens (tertiary/aromatic N) is 4. The third kappa shape index (κ3) is 9.66. The lowest BCUT2D eigenvalue weighted by atomic mass is 10.0. The molecule has 3 rings (SSSR count). The van der Waals surface area contributed by atoms with Gasteiger partial charge in [-0.15, -0.1) is 0 Å². The van der Waals surface area contributed by atoms with Crippen molar-refractivity contribution in [2.24, 2.45) is 0 Å². The van der Waals surface area contributed by atoms with E-state index in [2.05, 4.69) is 4.98 Å². The summed E-state index contributed by atoms with van der Waals surface area (Å²) in [6.07, 6.45) is -2.13. The molecule has 0 radical (unpaired) electrons. The SMILES string of the molecule is Cc1cn([C@H]2C[C@H](OC(=O)OCC(C)c3ccccc3[N+](=O)[O-])[C@@H](COP(OCCC#N)N(C(C)C)C(C)C)O2)c(=O)[nH]c1=O. The summed E-state index contributed by atoms with van der Waals surface area (Å²) in [7, 11) is -1.64. The van der Waals surface area contributed by atoms with Crippen LogP contribution in [-0.2, 0) is 23.3 Å². The first kappa shape index (κ1) is 35.8. The smallest absolute Gasteiger partial charge is 0.434 e. The number of carbonyl (C=O) groups is 1. The van der Waals surface area contributed by atoms with Gasteiger partial charge >= 0.3 is 11.8 Å². The Hall–Kier alpha value is -3.67. The summed E-state index contributed by atoms with van der Waals surface area (Å²) in [6, 6.07) is 8.33. The summed E-state index contributed by atoms with van der Waals surface area (Å²) in [5, 5.41) is 20.4. The van der Waals surface area contributed by atoms with E-state index in [4.69, 9.17) is 28.5 Å². The first-order valence-electron chi connectivity index (χ1n) is 14.6. The van der Waals surface area contributed by atoms with Gasteiger partial charge in [-0.05, 0) is 34.6 Å². The molecule has 45 heavy (non-hydrogen) atoms. The van der Waals surface area contributed by atoms with Crippen molar-refractivity contribution in [1.82, 2.24) is 14.2 Å². The molecule has 1 aliphatic rings. The molecule has 2 aromatic rings. The third-order valence-corrected chi connectivity index (χ3v) is 9.09. The van der Waals surface area contributed by atoms with Crippen LogP contribution in [0.25, 0.3) is 0 Å². The van der Waals surface area contributed by atoms with E-state index < -0.39 is 55.2 Å². The molecule has 0 bridgehead atoms. The van der Waals surface area contributed by atoms with Gasteiger partial charge in [0.25, 0.3) is 19.8 Å². The van der Waals surface area contributed by atoms with Crippen LogP contribution >= 0.6 is 8.53 Å². The van der Waals surface area contributed by atoms with Gasteiger partial charge in [-0.25, -0.2) is 14.3 Å². The summed E-state index contributed by atoms with van der Waals surface area (Å²) < 4.78 is 32.5. The molecule has 1 saturated heterocycles. The zero-order valence-corrected chi connectivity index (χ0v) is 27.1. The molecule has 0 amide bonds. The molecule has 1 aliphatic heterocycles. The number of aromatic nitrogens is 2. The van der Waals surface area contributed by atoms with E-state index in [0.29, 0.717) is 5.56 Å². The van der Waals surface area contributed by atoms with E-state index >= 15 is 0 Å². The summed E-state index contributed by atoms with van der Waals surface area (Å²) >= 11 is 0. The number of aryl methyl sites for hydroxylation is 1. The van der Waals surface area contributed by atoms with Gasteiger partial charge in [-0.2, -0.15) is 5.26 Å². The normalized spacial score (nSPS) is 19.4. The predicted octanol–water partition coefficient (Wildman–Crippen LogP) is 4.66. The average molecular weight is 650 g/mol. The Morgan fingerprint density at radius 3 is 2.56 bits per heavy atom. The average Bonchev–Trinajstić information content (AvgIpc) is 3.37. The molecule has 1 aromatic heterocycles. The Kier molecular flexibility index (Phi) is 13.2. The van der Waals surface area contributed by atoms with Crippen molar-refractivity contribution in [2.45, 2.75) is 90.8 Å². The molecule has 2 unspecified atom stereocenters. The first-order valence-corrected chi connectivity index (χ1v) is 15.7. The summed E-state index contributed by atoms with van der Waals surface area (Å²) in [5.74, 6) is -0.499. The van der Waals surface area contributed by atoms with Crippen molar-refractivity contribution in [3.63, 3.8) is 0 Å². The molecule has 2 heterocycles. The van der Waals surface area contributed by atoms with E-state index in [9.17, 15) is 24.5 Å². The molecule has 5 atom stereocenters. The Morgan fingerprint density at radius 2 is 1.91 bits per heavy atom. The van der Waals surface area contributed by atoms with Gasteiger partial charge < -0.3 is 23.3 Å². The van der Waals surface area contributed by atoms with Crippen LogP contribution < -0.4 is 11.2 Å². The number of H-pyrrole nitrogens is 1. The van der Waals surface area contributed by atoms with E-state index in [1.807, 2.05) is 38.4 Å². The molecule has 1 aromatic carbocycles. The van der Waals surface area contributed by atoms with Crippen LogP contribution in [-0.4, -0.2) is 69.4 Å². The van der Waals surface area contributed by atoms with Crippen LogP contribution in [0.4, 0.5) is 10.5 Å². The molecule has 246 valence electrons. The number of nitro benzene ring substituents is 1. The fourth-order valence-corrected chi connectivity index (χ4v) is 6.52. The molecule has 15 nitrogen and oxygen atoms in total. The number of para-hydroxylation sites is 1. The number of hydrogen-bond acceptors (Lipinski definition) is 12.